The van der Waals surface area contributed by atoms with E-state index in [0.717, 1.165) is 19.4 Å². The predicted molar refractivity (Wildman–Crippen MR) is 86.8 cm³/mol. The van der Waals surface area contributed by atoms with Crippen molar-refractivity contribution < 1.29 is 19.1 Å². The van der Waals surface area contributed by atoms with Crippen LogP contribution in [-0.4, -0.2) is 50.1 Å². The van der Waals surface area contributed by atoms with Gasteiger partial charge in [-0.1, -0.05) is 13.8 Å². The Hall–Kier alpha value is -1.63. The molecule has 3 fully saturated rings. The number of carbonyl (C=O) groups is 3. The fraction of sp³-hybridized carbons (Fsp3) is 0.824. The molecule has 2 amide bonds. The Balaban J connectivity index is 1.63. The number of ether oxygens (including phenoxy) is 1. The van der Waals surface area contributed by atoms with Gasteiger partial charge in [0.15, 0.2) is 0 Å². The van der Waals surface area contributed by atoms with E-state index >= 15 is 0 Å². The highest BCUT2D eigenvalue weighted by atomic mass is 16.5. The van der Waals surface area contributed by atoms with Gasteiger partial charge in [0.25, 0.3) is 0 Å². The van der Waals surface area contributed by atoms with Crippen molar-refractivity contribution in [3.05, 3.63) is 0 Å². The lowest BCUT2D eigenvalue weighted by molar-refractivity contribution is -0.146. The molecule has 0 aromatic carbocycles. The van der Waals surface area contributed by atoms with Gasteiger partial charge >= 0.3 is 5.97 Å². The number of hydrogen-bond acceptors (Lipinski definition) is 5. The largest absolute Gasteiger partial charge is 0.467 e. The molecule has 134 valence electrons. The van der Waals surface area contributed by atoms with Crippen LogP contribution in [0.3, 0.4) is 0 Å². The summed E-state index contributed by atoms with van der Waals surface area (Å²) in [5.74, 6) is -0.134. The van der Waals surface area contributed by atoms with Crippen LogP contribution in [0.1, 0.15) is 33.1 Å². The van der Waals surface area contributed by atoms with Crippen LogP contribution in [0.25, 0.3) is 0 Å². The topological polar surface area (TPSA) is 96.5 Å². The summed E-state index contributed by atoms with van der Waals surface area (Å²) in [7, 11) is 1.30. The van der Waals surface area contributed by atoms with Gasteiger partial charge in [-0.2, -0.15) is 0 Å². The third kappa shape index (κ3) is 3.01. The Bertz CT molecular complexity index is 548. The predicted octanol–water partition coefficient (Wildman–Crippen LogP) is -0.195. The Kier molecular flexibility index (Phi) is 4.55. The summed E-state index contributed by atoms with van der Waals surface area (Å²) < 4.78 is 4.83. The second kappa shape index (κ2) is 6.35. The van der Waals surface area contributed by atoms with E-state index in [0.29, 0.717) is 18.4 Å². The maximum atomic E-state index is 12.6. The molecular weight excluding hydrogens is 310 g/mol. The van der Waals surface area contributed by atoms with Gasteiger partial charge in [-0.05, 0) is 43.1 Å². The first-order valence-corrected chi connectivity index (χ1v) is 8.75. The zero-order valence-corrected chi connectivity index (χ0v) is 14.6. The Morgan fingerprint density at radius 1 is 1.42 bits per heavy atom. The van der Waals surface area contributed by atoms with Crippen molar-refractivity contribution in [3.8, 4) is 0 Å². The van der Waals surface area contributed by atoms with E-state index in [4.69, 9.17) is 4.74 Å². The molecule has 2 heterocycles. The molecule has 7 heteroatoms. The van der Waals surface area contributed by atoms with Crippen LogP contribution in [-0.2, 0) is 19.1 Å². The molecule has 1 aliphatic carbocycles. The zero-order chi connectivity index (χ0) is 17.5. The molecular formula is C17H27N3O4. The minimum absolute atomic E-state index is 0.0493. The second-order valence-corrected chi connectivity index (χ2v) is 7.79. The zero-order valence-electron chi connectivity index (χ0n) is 14.6. The van der Waals surface area contributed by atoms with E-state index in [9.17, 15) is 14.4 Å². The first-order chi connectivity index (χ1) is 11.4. The summed E-state index contributed by atoms with van der Waals surface area (Å²) in [6.45, 7) is 5.86. The maximum absolute atomic E-state index is 12.6. The average Bonchev–Trinajstić information content (AvgIpc) is 2.91. The minimum atomic E-state index is -0.779. The number of rotatable bonds is 5. The smallest absolute Gasteiger partial charge is 0.328 e. The maximum Gasteiger partial charge on any atom is 0.328 e. The average molecular weight is 337 g/mol. The molecule has 0 radical (unpaired) electrons. The van der Waals surface area contributed by atoms with Crippen molar-refractivity contribution in [2.75, 3.05) is 20.2 Å². The van der Waals surface area contributed by atoms with E-state index in [1.807, 2.05) is 0 Å². The SMILES string of the molecule is COC(=O)[C@H](C[C@@H]1CCCNC1=O)NC(=O)[C@H]1NC[C@H]2[C@@H]1C2(C)C. The van der Waals surface area contributed by atoms with Crippen molar-refractivity contribution in [2.45, 2.75) is 45.2 Å². The van der Waals surface area contributed by atoms with Crippen LogP contribution in [0.4, 0.5) is 0 Å². The molecule has 0 unspecified atom stereocenters. The molecule has 1 saturated carbocycles. The number of methoxy groups -OCH3 is 1. The molecule has 0 aromatic rings. The van der Waals surface area contributed by atoms with E-state index < -0.39 is 12.0 Å². The highest BCUT2D eigenvalue weighted by molar-refractivity contribution is 5.89. The van der Waals surface area contributed by atoms with Gasteiger partial charge in [0.1, 0.15) is 6.04 Å². The molecule has 0 aromatic heterocycles. The summed E-state index contributed by atoms with van der Waals surface area (Å²) in [5, 5.41) is 8.87. The van der Waals surface area contributed by atoms with Crippen LogP contribution in [0, 0.1) is 23.2 Å². The Labute approximate surface area is 142 Å². The van der Waals surface area contributed by atoms with E-state index in [2.05, 4.69) is 29.8 Å². The summed E-state index contributed by atoms with van der Waals surface area (Å²) in [6, 6.07) is -1.04. The van der Waals surface area contributed by atoms with Crippen LogP contribution >= 0.6 is 0 Å². The van der Waals surface area contributed by atoms with Crippen molar-refractivity contribution in [3.63, 3.8) is 0 Å². The van der Waals surface area contributed by atoms with Crippen LogP contribution < -0.4 is 16.0 Å². The molecule has 2 aliphatic heterocycles. The summed E-state index contributed by atoms with van der Waals surface area (Å²) >= 11 is 0. The molecule has 7 nitrogen and oxygen atoms in total. The molecule has 5 atom stereocenters. The van der Waals surface area contributed by atoms with Crippen molar-refractivity contribution in [1.82, 2.24) is 16.0 Å². The van der Waals surface area contributed by atoms with Crippen molar-refractivity contribution in [1.29, 1.82) is 0 Å². The Morgan fingerprint density at radius 3 is 2.75 bits per heavy atom. The van der Waals surface area contributed by atoms with Gasteiger partial charge in [-0.3, -0.25) is 9.59 Å². The number of piperidine rings is 2. The molecule has 0 spiro atoms. The first kappa shape index (κ1) is 17.2. The number of nitrogens with one attached hydrogen (secondary N) is 3. The Morgan fingerprint density at radius 2 is 2.17 bits per heavy atom. The summed E-state index contributed by atoms with van der Waals surface area (Å²) in [4.78, 5) is 36.7. The third-order valence-corrected chi connectivity index (χ3v) is 6.06. The standard InChI is InChI=1S/C17H27N3O4/c1-17(2)10-8-19-13(12(10)17)15(22)20-11(16(23)24-3)7-9-5-4-6-18-14(9)21/h9-13,19H,4-8H2,1-3H3,(H,18,21)(H,20,22)/t9-,10-,11-,12-,13-/m0/s1. The monoisotopic (exact) mass is 337 g/mol. The van der Waals surface area contributed by atoms with E-state index in [1.54, 1.807) is 0 Å². The molecule has 3 rings (SSSR count). The van der Waals surface area contributed by atoms with Crippen LogP contribution in [0.15, 0.2) is 0 Å². The van der Waals surface area contributed by atoms with Crippen LogP contribution in [0.5, 0.6) is 0 Å². The summed E-state index contributed by atoms with van der Waals surface area (Å²) in [5.41, 5.74) is 0.178. The molecule has 24 heavy (non-hydrogen) atoms. The third-order valence-electron chi connectivity index (χ3n) is 6.06. The lowest BCUT2D eigenvalue weighted by Crippen LogP contribution is -2.52. The van der Waals surface area contributed by atoms with Gasteiger partial charge < -0.3 is 20.7 Å². The second-order valence-electron chi connectivity index (χ2n) is 7.79. The molecule has 3 aliphatic rings. The highest BCUT2D eigenvalue weighted by Gasteiger charge is 2.65. The van der Waals surface area contributed by atoms with Crippen LogP contribution in [0.2, 0.25) is 0 Å². The number of esters is 1. The number of fused-ring (bicyclic) bond motifs is 1. The fourth-order valence-electron chi connectivity index (χ4n) is 4.44. The molecule has 3 N–H and O–H groups in total. The highest BCUT2D eigenvalue weighted by Crippen LogP contribution is 2.62. The van der Waals surface area contributed by atoms with E-state index in [1.165, 1.54) is 7.11 Å². The number of amides is 2. The van der Waals surface area contributed by atoms with Gasteiger partial charge in [0.2, 0.25) is 11.8 Å². The first-order valence-electron chi connectivity index (χ1n) is 8.75. The fourth-order valence-corrected chi connectivity index (χ4v) is 4.44. The van der Waals surface area contributed by atoms with Crippen molar-refractivity contribution in [2.24, 2.45) is 23.2 Å². The molecule has 2 saturated heterocycles. The van der Waals surface area contributed by atoms with Gasteiger partial charge in [-0.15, -0.1) is 0 Å². The van der Waals surface area contributed by atoms with E-state index in [-0.39, 0.29) is 35.6 Å². The normalized spacial score (nSPS) is 34.7. The lowest BCUT2D eigenvalue weighted by atomic mass is 9.91. The van der Waals surface area contributed by atoms with Gasteiger partial charge in [-0.25, -0.2) is 4.79 Å². The van der Waals surface area contributed by atoms with Gasteiger partial charge in [0, 0.05) is 12.5 Å². The number of carbonyl (C=O) groups excluding carboxylic acids is 3. The lowest BCUT2D eigenvalue weighted by Gasteiger charge is -2.27. The minimum Gasteiger partial charge on any atom is -0.467 e. The summed E-state index contributed by atoms with van der Waals surface area (Å²) in [6.07, 6.45) is 1.91. The quantitative estimate of drug-likeness (QED) is 0.604. The molecule has 0 bridgehead atoms. The van der Waals surface area contributed by atoms with Crippen molar-refractivity contribution >= 4 is 17.8 Å². The van der Waals surface area contributed by atoms with Gasteiger partial charge in [0.05, 0.1) is 13.2 Å². The number of hydrogen-bond donors (Lipinski definition) is 3.